The van der Waals surface area contributed by atoms with Crippen molar-refractivity contribution in [2.75, 3.05) is 6.54 Å². The van der Waals surface area contributed by atoms with Gasteiger partial charge in [-0.3, -0.25) is 4.90 Å². The maximum atomic E-state index is 9.75. The second kappa shape index (κ2) is 10.7. The summed E-state index contributed by atoms with van der Waals surface area (Å²) in [5.74, 6) is 14.0. The molecule has 1 heterocycles. The molecule has 3 atom stereocenters. The third kappa shape index (κ3) is 6.77. The Morgan fingerprint density at radius 1 is 0.750 bits per heavy atom. The fourth-order valence-corrected chi connectivity index (χ4v) is 3.70. The molecular weight excluding hydrogens is 413 g/mol. The van der Waals surface area contributed by atoms with Crippen molar-refractivity contribution in [3.63, 3.8) is 0 Å². The van der Waals surface area contributed by atoms with Gasteiger partial charge in [0, 0.05) is 16.7 Å². The van der Waals surface area contributed by atoms with E-state index in [1.807, 2.05) is 36.4 Å². The molecule has 0 fully saturated rings. The van der Waals surface area contributed by atoms with E-state index in [0.29, 0.717) is 5.92 Å². The Kier molecular flexibility index (Phi) is 7.76. The van der Waals surface area contributed by atoms with Crippen molar-refractivity contribution < 1.29 is 22.2 Å². The summed E-state index contributed by atoms with van der Waals surface area (Å²) >= 11 is 0. The predicted molar refractivity (Wildman–Crippen MR) is 121 cm³/mol. The molecule has 0 aliphatic carbocycles. The second-order valence-electron chi connectivity index (χ2n) is 7.35. The van der Waals surface area contributed by atoms with Crippen molar-refractivity contribution in [3.8, 4) is 23.7 Å². The number of benzene rings is 3. The van der Waals surface area contributed by atoms with Crippen LogP contribution in [0.25, 0.3) is 0 Å². The zero-order chi connectivity index (χ0) is 23.0. The monoisotopic (exact) mass is 435 g/mol. The maximum absolute atomic E-state index is 9.75. The molecule has 32 heavy (non-hydrogen) atoms. The number of nitrogens with one attached hydrogen (secondary N) is 1. The van der Waals surface area contributed by atoms with Gasteiger partial charge in [0.15, 0.2) is 6.04 Å². The van der Waals surface area contributed by atoms with Crippen molar-refractivity contribution in [2.45, 2.75) is 18.9 Å². The lowest BCUT2D eigenvalue weighted by Crippen LogP contribution is -3.10. The van der Waals surface area contributed by atoms with Gasteiger partial charge < -0.3 is 17.3 Å². The van der Waals surface area contributed by atoms with Crippen LogP contribution in [-0.2, 0) is 0 Å². The van der Waals surface area contributed by atoms with E-state index < -0.39 is 7.25 Å². The highest BCUT2D eigenvalue weighted by atomic mass is 19.5. The van der Waals surface area contributed by atoms with E-state index >= 15 is 0 Å². The summed E-state index contributed by atoms with van der Waals surface area (Å²) < 4.78 is 39.0. The Labute approximate surface area is 186 Å². The molecular formula is C26H22BF4N. The van der Waals surface area contributed by atoms with Crippen LogP contribution in [-0.4, -0.2) is 19.8 Å². The Hall–Kier alpha value is -3.48. The maximum Gasteiger partial charge on any atom is 0.673 e. The first-order chi connectivity index (χ1) is 15.3. The summed E-state index contributed by atoms with van der Waals surface area (Å²) in [6, 6.07) is 29.3. The van der Waals surface area contributed by atoms with Crippen LogP contribution < -0.4 is 4.90 Å². The molecule has 0 spiro atoms. The molecule has 6 heteroatoms. The number of para-hydroxylation sites is 1. The highest BCUT2D eigenvalue weighted by Gasteiger charge is 2.39. The molecule has 0 saturated carbocycles. The minimum Gasteiger partial charge on any atom is -0.418 e. The van der Waals surface area contributed by atoms with Crippen LogP contribution >= 0.6 is 0 Å². The lowest BCUT2D eigenvalue weighted by atomic mass is 9.97. The zero-order valence-electron chi connectivity index (χ0n) is 17.5. The topological polar surface area (TPSA) is 4.44 Å². The van der Waals surface area contributed by atoms with Crippen molar-refractivity contribution in [1.82, 2.24) is 0 Å². The summed E-state index contributed by atoms with van der Waals surface area (Å²) in [6.45, 7) is 3.03. The molecule has 3 aromatic carbocycles. The van der Waals surface area contributed by atoms with Crippen LogP contribution in [0, 0.1) is 23.7 Å². The molecule has 0 amide bonds. The minimum atomic E-state index is -6.00. The summed E-state index contributed by atoms with van der Waals surface area (Å²) in [4.78, 5) is 1.35. The van der Waals surface area contributed by atoms with Crippen LogP contribution in [0.5, 0.6) is 0 Å². The number of rotatable bonds is 1. The van der Waals surface area contributed by atoms with Gasteiger partial charge in [-0.05, 0) is 42.2 Å². The van der Waals surface area contributed by atoms with E-state index in [1.54, 1.807) is 0 Å². The molecule has 1 aliphatic rings. The highest BCUT2D eigenvalue weighted by molar-refractivity contribution is 6.50. The molecule has 162 valence electrons. The highest BCUT2D eigenvalue weighted by Crippen LogP contribution is 2.29. The molecule has 3 unspecified atom stereocenters. The standard InChI is InChI=1S/C26H21N.BF4/c1-21-24-16-8-9-17-26(24)27(20-10-15-22-11-4-2-5-12-22)25(21)19-18-23-13-6-3-7-14-23;2-1(3,4)5/h2-9,11-14,16-17,21,25H,20H2,1H3;/q;-1/p+1. The summed E-state index contributed by atoms with van der Waals surface area (Å²) in [6.07, 6.45) is 0. The molecule has 0 radical (unpaired) electrons. The number of hydrogen-bond donors (Lipinski definition) is 1. The Morgan fingerprint density at radius 2 is 1.25 bits per heavy atom. The van der Waals surface area contributed by atoms with Gasteiger partial charge in [-0.2, -0.15) is 0 Å². The first-order valence-corrected chi connectivity index (χ1v) is 10.3. The van der Waals surface area contributed by atoms with E-state index in [0.717, 1.165) is 17.7 Å². The molecule has 4 rings (SSSR count). The SMILES string of the molecule is CC1c2ccccc2[NH+](CC#Cc2ccccc2)C1C#Cc1ccccc1.F[B-](F)(F)F. The third-order valence-electron chi connectivity index (χ3n) is 5.10. The number of halogens is 4. The largest absolute Gasteiger partial charge is 0.673 e. The average molecular weight is 435 g/mol. The summed E-state index contributed by atoms with van der Waals surface area (Å²) in [7, 11) is -6.00. The van der Waals surface area contributed by atoms with Crippen LogP contribution in [0.4, 0.5) is 23.0 Å². The van der Waals surface area contributed by atoms with Crippen LogP contribution in [0.3, 0.4) is 0 Å². The molecule has 1 nitrogen and oxygen atoms in total. The van der Waals surface area contributed by atoms with Crippen LogP contribution in [0.1, 0.15) is 29.5 Å². The van der Waals surface area contributed by atoms with Crippen molar-refractivity contribution in [3.05, 3.63) is 102 Å². The molecule has 3 aromatic rings. The lowest BCUT2D eigenvalue weighted by Gasteiger charge is -2.17. The Balaban J connectivity index is 0.000000523. The van der Waals surface area contributed by atoms with Gasteiger partial charge in [0.1, 0.15) is 12.2 Å². The van der Waals surface area contributed by atoms with Gasteiger partial charge >= 0.3 is 7.25 Å². The Bertz CT molecular complexity index is 1130. The molecule has 0 saturated heterocycles. The number of hydrogen-bond acceptors (Lipinski definition) is 0. The third-order valence-corrected chi connectivity index (χ3v) is 5.10. The van der Waals surface area contributed by atoms with Gasteiger partial charge in [0.2, 0.25) is 0 Å². The molecule has 0 aromatic heterocycles. The number of quaternary nitrogens is 1. The fourth-order valence-electron chi connectivity index (χ4n) is 3.70. The van der Waals surface area contributed by atoms with E-state index in [4.69, 9.17) is 0 Å². The first-order valence-electron chi connectivity index (χ1n) is 10.3. The number of fused-ring (bicyclic) bond motifs is 1. The van der Waals surface area contributed by atoms with Crippen molar-refractivity contribution in [1.29, 1.82) is 0 Å². The normalized spacial score (nSPS) is 18.7. The van der Waals surface area contributed by atoms with E-state index in [2.05, 4.69) is 79.1 Å². The van der Waals surface area contributed by atoms with Crippen molar-refractivity contribution >= 4 is 12.9 Å². The molecule has 1 N–H and O–H groups in total. The van der Waals surface area contributed by atoms with E-state index in [-0.39, 0.29) is 6.04 Å². The predicted octanol–water partition coefficient (Wildman–Crippen LogP) is 5.09. The lowest BCUT2D eigenvalue weighted by molar-refractivity contribution is -0.837. The fraction of sp³-hybridized carbons (Fsp3) is 0.154. The first kappa shape index (κ1) is 23.2. The van der Waals surface area contributed by atoms with Gasteiger partial charge in [-0.1, -0.05) is 73.4 Å². The second-order valence-corrected chi connectivity index (χ2v) is 7.35. The summed E-state index contributed by atoms with van der Waals surface area (Å²) in [5, 5.41) is 0. The van der Waals surface area contributed by atoms with Gasteiger partial charge in [-0.25, -0.2) is 0 Å². The molecule has 0 bridgehead atoms. The van der Waals surface area contributed by atoms with Crippen molar-refractivity contribution in [2.24, 2.45) is 0 Å². The van der Waals surface area contributed by atoms with Gasteiger partial charge in [0.05, 0.1) is 5.92 Å². The molecule has 1 aliphatic heterocycles. The van der Waals surface area contributed by atoms with Gasteiger partial charge in [-0.15, -0.1) is 0 Å². The average Bonchev–Trinajstić information content (AvgIpc) is 3.04. The van der Waals surface area contributed by atoms with E-state index in [9.17, 15) is 17.3 Å². The van der Waals surface area contributed by atoms with Crippen LogP contribution in [0.2, 0.25) is 0 Å². The van der Waals surface area contributed by atoms with Gasteiger partial charge in [0.25, 0.3) is 0 Å². The summed E-state index contributed by atoms with van der Waals surface area (Å²) in [5.41, 5.74) is 4.85. The quantitative estimate of drug-likeness (QED) is 0.309. The smallest absolute Gasteiger partial charge is 0.418 e. The zero-order valence-corrected chi connectivity index (χ0v) is 17.5. The Morgan fingerprint density at radius 3 is 1.84 bits per heavy atom. The van der Waals surface area contributed by atoms with E-state index in [1.165, 1.54) is 16.2 Å². The minimum absolute atomic E-state index is 0.215. The van der Waals surface area contributed by atoms with Crippen LogP contribution in [0.15, 0.2) is 84.9 Å².